The van der Waals surface area contributed by atoms with Crippen molar-refractivity contribution < 1.29 is 14.3 Å². The van der Waals surface area contributed by atoms with Crippen molar-refractivity contribution in [2.24, 2.45) is 0 Å². The number of hydrogen-bond acceptors (Lipinski definition) is 3. The predicted molar refractivity (Wildman–Crippen MR) is 82.5 cm³/mol. The summed E-state index contributed by atoms with van der Waals surface area (Å²) in [6.07, 6.45) is 5.44. The van der Waals surface area contributed by atoms with Gasteiger partial charge in [-0.05, 0) is 38.5 Å². The molecule has 0 radical (unpaired) electrons. The molecule has 6 nitrogen and oxygen atoms in total. The van der Waals surface area contributed by atoms with E-state index in [1.54, 1.807) is 19.0 Å². The standard InChI is InChI=1S/C16H27N3O3/c1-17(2)15(21)19-11-7-16(8-12-19)6-5-13(22-16)14(20)18-9-3-4-10-18/h13H,3-12H2,1-2H3/t13-/m1/s1. The molecule has 22 heavy (non-hydrogen) atoms. The highest BCUT2D eigenvalue weighted by Gasteiger charge is 2.46. The van der Waals surface area contributed by atoms with Gasteiger partial charge in [0.25, 0.3) is 5.91 Å². The number of piperidine rings is 1. The summed E-state index contributed by atoms with van der Waals surface area (Å²) in [5, 5.41) is 0. The van der Waals surface area contributed by atoms with E-state index in [0.29, 0.717) is 0 Å². The lowest BCUT2D eigenvalue weighted by molar-refractivity contribution is -0.149. The van der Waals surface area contributed by atoms with Crippen LogP contribution in [0.5, 0.6) is 0 Å². The summed E-state index contributed by atoms with van der Waals surface area (Å²) in [6, 6.07) is 0.0672. The number of likely N-dealkylation sites (tertiary alicyclic amines) is 2. The van der Waals surface area contributed by atoms with Crippen molar-refractivity contribution in [2.75, 3.05) is 40.3 Å². The number of amides is 3. The number of ether oxygens (including phenoxy) is 1. The Kier molecular flexibility index (Phi) is 4.30. The first-order valence-electron chi connectivity index (χ1n) is 8.44. The molecule has 0 N–H and O–H groups in total. The van der Waals surface area contributed by atoms with Gasteiger partial charge < -0.3 is 19.4 Å². The number of carbonyl (C=O) groups excluding carboxylic acids is 2. The highest BCUT2D eigenvalue weighted by atomic mass is 16.5. The number of urea groups is 1. The molecule has 0 aromatic rings. The Hall–Kier alpha value is -1.30. The van der Waals surface area contributed by atoms with Gasteiger partial charge in [-0.3, -0.25) is 4.79 Å². The van der Waals surface area contributed by atoms with Crippen LogP contribution >= 0.6 is 0 Å². The Morgan fingerprint density at radius 3 is 2.23 bits per heavy atom. The quantitative estimate of drug-likeness (QED) is 0.734. The Morgan fingerprint density at radius 2 is 1.64 bits per heavy atom. The van der Waals surface area contributed by atoms with E-state index >= 15 is 0 Å². The average molecular weight is 309 g/mol. The molecule has 3 amide bonds. The third-order valence-electron chi connectivity index (χ3n) is 5.28. The van der Waals surface area contributed by atoms with Crippen LogP contribution in [0.15, 0.2) is 0 Å². The van der Waals surface area contributed by atoms with Crippen LogP contribution in [0.25, 0.3) is 0 Å². The van der Waals surface area contributed by atoms with Crippen molar-refractivity contribution in [3.63, 3.8) is 0 Å². The molecular weight excluding hydrogens is 282 g/mol. The summed E-state index contributed by atoms with van der Waals surface area (Å²) in [5.74, 6) is 0.182. The van der Waals surface area contributed by atoms with Crippen LogP contribution in [0.3, 0.4) is 0 Å². The van der Waals surface area contributed by atoms with Gasteiger partial charge in [0.1, 0.15) is 6.10 Å². The maximum atomic E-state index is 12.5. The highest BCUT2D eigenvalue weighted by Crippen LogP contribution is 2.39. The molecule has 0 bridgehead atoms. The summed E-state index contributed by atoms with van der Waals surface area (Å²) in [4.78, 5) is 29.9. The molecule has 124 valence electrons. The Labute approximate surface area is 132 Å². The maximum absolute atomic E-state index is 12.5. The van der Waals surface area contributed by atoms with Gasteiger partial charge >= 0.3 is 6.03 Å². The SMILES string of the molecule is CN(C)C(=O)N1CCC2(CC[C@H](C(=O)N3CCCC3)O2)CC1. The molecule has 1 atom stereocenters. The molecule has 0 aromatic carbocycles. The van der Waals surface area contributed by atoms with Crippen LogP contribution in [-0.4, -0.2) is 78.6 Å². The number of hydrogen-bond donors (Lipinski definition) is 0. The maximum Gasteiger partial charge on any atom is 0.319 e. The summed E-state index contributed by atoms with van der Waals surface area (Å²) >= 11 is 0. The minimum absolute atomic E-state index is 0.0672. The normalized spacial score (nSPS) is 27.5. The molecule has 3 aliphatic rings. The molecular formula is C16H27N3O3. The zero-order valence-electron chi connectivity index (χ0n) is 13.7. The molecule has 3 aliphatic heterocycles. The fraction of sp³-hybridized carbons (Fsp3) is 0.875. The van der Waals surface area contributed by atoms with Crippen LogP contribution in [-0.2, 0) is 9.53 Å². The van der Waals surface area contributed by atoms with Crippen molar-refractivity contribution >= 4 is 11.9 Å². The molecule has 0 saturated carbocycles. The number of carbonyl (C=O) groups is 2. The molecule has 3 heterocycles. The van der Waals surface area contributed by atoms with Gasteiger partial charge in [0.15, 0.2) is 0 Å². The summed E-state index contributed by atoms with van der Waals surface area (Å²) in [7, 11) is 3.56. The van der Waals surface area contributed by atoms with Gasteiger partial charge in [-0.2, -0.15) is 0 Å². The lowest BCUT2D eigenvalue weighted by atomic mass is 9.88. The molecule has 0 unspecified atom stereocenters. The largest absolute Gasteiger partial charge is 0.362 e. The van der Waals surface area contributed by atoms with Crippen molar-refractivity contribution in [2.45, 2.75) is 50.2 Å². The first-order valence-corrected chi connectivity index (χ1v) is 8.44. The highest BCUT2D eigenvalue weighted by molar-refractivity contribution is 5.81. The zero-order chi connectivity index (χ0) is 15.7. The molecule has 6 heteroatoms. The second kappa shape index (κ2) is 6.07. The van der Waals surface area contributed by atoms with Gasteiger partial charge in [0.2, 0.25) is 0 Å². The smallest absolute Gasteiger partial charge is 0.319 e. The minimum Gasteiger partial charge on any atom is -0.362 e. The molecule has 0 aromatic heterocycles. The fourth-order valence-electron chi connectivity index (χ4n) is 3.89. The topological polar surface area (TPSA) is 53.1 Å². The number of rotatable bonds is 1. The summed E-state index contributed by atoms with van der Waals surface area (Å²) in [6.45, 7) is 3.22. The first-order chi connectivity index (χ1) is 10.5. The van der Waals surface area contributed by atoms with E-state index in [0.717, 1.165) is 64.7 Å². The van der Waals surface area contributed by atoms with Crippen molar-refractivity contribution in [3.8, 4) is 0 Å². The second-order valence-electron chi connectivity index (χ2n) is 7.02. The summed E-state index contributed by atoms with van der Waals surface area (Å²) in [5.41, 5.74) is -0.177. The van der Waals surface area contributed by atoms with Gasteiger partial charge in [0, 0.05) is 40.3 Å². The van der Waals surface area contributed by atoms with E-state index in [1.165, 1.54) is 0 Å². The average Bonchev–Trinajstić information content (AvgIpc) is 3.17. The van der Waals surface area contributed by atoms with E-state index in [4.69, 9.17) is 4.74 Å². The second-order valence-corrected chi connectivity index (χ2v) is 7.02. The van der Waals surface area contributed by atoms with E-state index in [9.17, 15) is 9.59 Å². The lowest BCUT2D eigenvalue weighted by Gasteiger charge is -2.39. The molecule has 3 fully saturated rings. The van der Waals surface area contributed by atoms with Gasteiger partial charge in [0.05, 0.1) is 5.60 Å². The van der Waals surface area contributed by atoms with Gasteiger partial charge in [-0.25, -0.2) is 4.79 Å². The van der Waals surface area contributed by atoms with Crippen LogP contribution in [0, 0.1) is 0 Å². The number of nitrogens with zero attached hydrogens (tertiary/aromatic N) is 3. The molecule has 3 saturated heterocycles. The van der Waals surface area contributed by atoms with Gasteiger partial charge in [-0.1, -0.05) is 0 Å². The van der Waals surface area contributed by atoms with Crippen LogP contribution in [0.2, 0.25) is 0 Å². The Bertz CT molecular complexity index is 438. The van der Waals surface area contributed by atoms with E-state index in [2.05, 4.69) is 0 Å². The monoisotopic (exact) mass is 309 g/mol. The third kappa shape index (κ3) is 2.93. The van der Waals surface area contributed by atoms with E-state index in [-0.39, 0.29) is 23.6 Å². The molecule has 1 spiro atoms. The van der Waals surface area contributed by atoms with Crippen molar-refractivity contribution in [1.29, 1.82) is 0 Å². The van der Waals surface area contributed by atoms with Crippen LogP contribution < -0.4 is 0 Å². The molecule has 3 rings (SSSR count). The van der Waals surface area contributed by atoms with E-state index in [1.807, 2.05) is 9.80 Å². The lowest BCUT2D eigenvalue weighted by Crippen LogP contribution is -2.50. The minimum atomic E-state index is -0.255. The van der Waals surface area contributed by atoms with E-state index < -0.39 is 0 Å². The van der Waals surface area contributed by atoms with Crippen LogP contribution in [0.4, 0.5) is 4.79 Å². The predicted octanol–water partition coefficient (Wildman–Crippen LogP) is 1.30. The summed E-state index contributed by atoms with van der Waals surface area (Å²) < 4.78 is 6.21. The fourth-order valence-corrected chi connectivity index (χ4v) is 3.89. The van der Waals surface area contributed by atoms with Crippen molar-refractivity contribution in [1.82, 2.24) is 14.7 Å². The Morgan fingerprint density at radius 1 is 1.00 bits per heavy atom. The molecule has 0 aliphatic carbocycles. The first kappa shape index (κ1) is 15.6. The van der Waals surface area contributed by atoms with Crippen LogP contribution in [0.1, 0.15) is 38.5 Å². The van der Waals surface area contributed by atoms with Crippen molar-refractivity contribution in [3.05, 3.63) is 0 Å². The zero-order valence-corrected chi connectivity index (χ0v) is 13.7. The third-order valence-corrected chi connectivity index (χ3v) is 5.28. The van der Waals surface area contributed by atoms with Gasteiger partial charge in [-0.15, -0.1) is 0 Å². The Balaban J connectivity index is 1.54.